The summed E-state index contributed by atoms with van der Waals surface area (Å²) in [4.78, 5) is 0.284. The highest BCUT2D eigenvalue weighted by Crippen LogP contribution is 2.32. The van der Waals surface area contributed by atoms with Crippen LogP contribution in [-0.4, -0.2) is 20.6 Å². The molecule has 1 heterocycles. The van der Waals surface area contributed by atoms with Crippen LogP contribution in [-0.2, 0) is 10.0 Å². The van der Waals surface area contributed by atoms with Crippen molar-refractivity contribution in [3.05, 3.63) is 65.4 Å². The third-order valence-corrected chi connectivity index (χ3v) is 6.43. The van der Waals surface area contributed by atoms with Gasteiger partial charge >= 0.3 is 0 Å². The normalized spacial score (nSPS) is 11.8. The molecule has 2 aromatic carbocycles. The van der Waals surface area contributed by atoms with Gasteiger partial charge in [0.05, 0.1) is 16.3 Å². The Kier molecular flexibility index (Phi) is 5.11. The van der Waals surface area contributed by atoms with Gasteiger partial charge in [0.15, 0.2) is 5.76 Å². The van der Waals surface area contributed by atoms with E-state index in [1.54, 1.807) is 19.2 Å². The predicted octanol–water partition coefficient (Wildman–Crippen LogP) is 4.91. The van der Waals surface area contributed by atoms with E-state index in [-0.39, 0.29) is 10.8 Å². The molecule has 0 spiro atoms. The maximum atomic E-state index is 13.4. The zero-order valence-corrected chi connectivity index (χ0v) is 17.0. The summed E-state index contributed by atoms with van der Waals surface area (Å²) in [5, 5.41) is 3.90. The molecule has 0 atom stereocenters. The fourth-order valence-corrected chi connectivity index (χ4v) is 4.50. The zero-order chi connectivity index (χ0) is 19.8. The summed E-state index contributed by atoms with van der Waals surface area (Å²) in [6.07, 6.45) is 0. The third kappa shape index (κ3) is 3.76. The molecule has 0 saturated carbocycles. The minimum Gasteiger partial charge on any atom is -0.356 e. The van der Waals surface area contributed by atoms with Crippen LogP contribution in [0.1, 0.15) is 36.6 Å². The van der Waals surface area contributed by atoms with Crippen LogP contribution in [0.2, 0.25) is 0 Å². The quantitative estimate of drug-likeness (QED) is 0.627. The molecule has 5 nitrogen and oxygen atoms in total. The lowest BCUT2D eigenvalue weighted by atomic mass is 10.0. The fraction of sp³-hybridized carbons (Fsp3) is 0.286. The molecule has 142 valence electrons. The van der Waals surface area contributed by atoms with Crippen LogP contribution >= 0.6 is 0 Å². The molecule has 0 radical (unpaired) electrons. The minimum atomic E-state index is -3.73. The molecule has 0 unspecified atom stereocenters. The van der Waals surface area contributed by atoms with Gasteiger partial charge < -0.3 is 4.52 Å². The van der Waals surface area contributed by atoms with Gasteiger partial charge in [0.1, 0.15) is 0 Å². The predicted molar refractivity (Wildman–Crippen MR) is 108 cm³/mol. The number of rotatable bonds is 5. The SMILES string of the molecule is Cc1ccc(N(C)S(=O)(=O)c2cc(-c3cc(C)no3)ccc2C(C)C)cc1. The van der Waals surface area contributed by atoms with E-state index in [0.717, 1.165) is 16.8 Å². The summed E-state index contributed by atoms with van der Waals surface area (Å²) in [6.45, 7) is 7.77. The van der Waals surface area contributed by atoms with Gasteiger partial charge in [0, 0.05) is 18.7 Å². The average molecular weight is 385 g/mol. The summed E-state index contributed by atoms with van der Waals surface area (Å²) in [5.41, 5.74) is 3.91. The Morgan fingerprint density at radius 1 is 1.00 bits per heavy atom. The van der Waals surface area contributed by atoms with E-state index in [9.17, 15) is 8.42 Å². The molecular formula is C21H24N2O3S. The number of hydrogen-bond donors (Lipinski definition) is 0. The van der Waals surface area contributed by atoms with Crippen molar-refractivity contribution in [3.8, 4) is 11.3 Å². The molecule has 0 N–H and O–H groups in total. The second-order valence-corrected chi connectivity index (χ2v) is 8.99. The van der Waals surface area contributed by atoms with E-state index < -0.39 is 10.0 Å². The first kappa shape index (κ1) is 19.2. The van der Waals surface area contributed by atoms with Crippen molar-refractivity contribution >= 4 is 15.7 Å². The maximum absolute atomic E-state index is 13.4. The monoisotopic (exact) mass is 384 g/mol. The molecule has 0 fully saturated rings. The second-order valence-electron chi connectivity index (χ2n) is 7.05. The van der Waals surface area contributed by atoms with Gasteiger partial charge in [0.25, 0.3) is 10.0 Å². The van der Waals surface area contributed by atoms with Gasteiger partial charge in [0.2, 0.25) is 0 Å². The molecule has 0 amide bonds. The van der Waals surface area contributed by atoms with Gasteiger partial charge in [-0.25, -0.2) is 8.42 Å². The molecule has 3 aromatic rings. The first-order valence-corrected chi connectivity index (χ1v) is 10.3. The molecule has 0 bridgehead atoms. The van der Waals surface area contributed by atoms with E-state index >= 15 is 0 Å². The van der Waals surface area contributed by atoms with E-state index in [2.05, 4.69) is 5.16 Å². The lowest BCUT2D eigenvalue weighted by Gasteiger charge is -2.23. The van der Waals surface area contributed by atoms with Crippen LogP contribution < -0.4 is 4.31 Å². The van der Waals surface area contributed by atoms with Crippen LogP contribution in [0.25, 0.3) is 11.3 Å². The molecular weight excluding hydrogens is 360 g/mol. The number of aromatic nitrogens is 1. The van der Waals surface area contributed by atoms with E-state index in [4.69, 9.17) is 4.52 Å². The smallest absolute Gasteiger partial charge is 0.264 e. The molecule has 3 rings (SSSR count). The first-order valence-electron chi connectivity index (χ1n) is 8.83. The molecule has 0 saturated heterocycles. The Morgan fingerprint density at radius 3 is 2.22 bits per heavy atom. The lowest BCUT2D eigenvalue weighted by Crippen LogP contribution is -2.27. The number of anilines is 1. The van der Waals surface area contributed by atoms with Gasteiger partial charge in [-0.1, -0.05) is 48.8 Å². The summed E-state index contributed by atoms with van der Waals surface area (Å²) in [6, 6.07) is 14.6. The highest BCUT2D eigenvalue weighted by molar-refractivity contribution is 7.92. The van der Waals surface area contributed by atoms with Gasteiger partial charge in [-0.2, -0.15) is 0 Å². The van der Waals surface area contributed by atoms with E-state index in [0.29, 0.717) is 17.0 Å². The highest BCUT2D eigenvalue weighted by Gasteiger charge is 2.26. The number of sulfonamides is 1. The van der Waals surface area contributed by atoms with Crippen molar-refractivity contribution in [2.45, 2.75) is 38.5 Å². The van der Waals surface area contributed by atoms with Gasteiger partial charge in [-0.15, -0.1) is 0 Å². The van der Waals surface area contributed by atoms with Crippen LogP contribution in [0.4, 0.5) is 5.69 Å². The van der Waals surface area contributed by atoms with Crippen LogP contribution in [0.3, 0.4) is 0 Å². The molecule has 0 aliphatic carbocycles. The van der Waals surface area contributed by atoms with Gasteiger partial charge in [-0.3, -0.25) is 4.31 Å². The second kappa shape index (κ2) is 7.19. The Labute approximate surface area is 160 Å². The number of hydrogen-bond acceptors (Lipinski definition) is 4. The standard InChI is InChI=1S/C21H24N2O3S/c1-14(2)19-11-8-17(20-12-16(4)22-26-20)13-21(19)27(24,25)23(5)18-9-6-15(3)7-10-18/h6-14H,1-5H3. The highest BCUT2D eigenvalue weighted by atomic mass is 32.2. The molecule has 0 aliphatic rings. The van der Waals surface area contributed by atoms with Gasteiger partial charge in [-0.05, 0) is 43.5 Å². The molecule has 1 aromatic heterocycles. The van der Waals surface area contributed by atoms with Crippen molar-refractivity contribution in [1.82, 2.24) is 5.16 Å². The average Bonchev–Trinajstić information content (AvgIpc) is 3.07. The lowest BCUT2D eigenvalue weighted by molar-refractivity contribution is 0.427. The Morgan fingerprint density at radius 2 is 1.67 bits per heavy atom. The van der Waals surface area contributed by atoms with Crippen LogP contribution in [0.15, 0.2) is 57.9 Å². The third-order valence-electron chi connectivity index (χ3n) is 4.58. The fourth-order valence-electron chi connectivity index (χ4n) is 2.93. The summed E-state index contributed by atoms with van der Waals surface area (Å²) >= 11 is 0. The zero-order valence-electron chi connectivity index (χ0n) is 16.2. The van der Waals surface area contributed by atoms with E-state index in [1.807, 2.05) is 64.1 Å². The van der Waals surface area contributed by atoms with Crippen molar-refractivity contribution in [1.29, 1.82) is 0 Å². The summed E-state index contributed by atoms with van der Waals surface area (Å²) < 4.78 is 33.5. The van der Waals surface area contributed by atoms with Crippen molar-refractivity contribution < 1.29 is 12.9 Å². The maximum Gasteiger partial charge on any atom is 0.264 e. The molecule has 27 heavy (non-hydrogen) atoms. The van der Waals surface area contributed by atoms with Crippen LogP contribution in [0.5, 0.6) is 0 Å². The first-order chi connectivity index (χ1) is 12.7. The topological polar surface area (TPSA) is 63.4 Å². The number of nitrogens with zero attached hydrogens (tertiary/aromatic N) is 2. The summed E-state index contributed by atoms with van der Waals surface area (Å²) in [5.74, 6) is 0.615. The Bertz CT molecular complexity index is 1050. The van der Waals surface area contributed by atoms with E-state index in [1.165, 1.54) is 4.31 Å². The summed E-state index contributed by atoms with van der Waals surface area (Å²) in [7, 11) is -2.15. The van der Waals surface area contributed by atoms with Crippen LogP contribution in [0, 0.1) is 13.8 Å². The van der Waals surface area contributed by atoms with Crippen molar-refractivity contribution in [2.75, 3.05) is 11.4 Å². The Hall–Kier alpha value is -2.60. The number of benzene rings is 2. The molecule has 6 heteroatoms. The van der Waals surface area contributed by atoms with Crippen molar-refractivity contribution in [2.24, 2.45) is 0 Å². The number of aryl methyl sites for hydroxylation is 2. The Balaban J connectivity index is 2.13. The largest absolute Gasteiger partial charge is 0.356 e. The molecule has 0 aliphatic heterocycles. The minimum absolute atomic E-state index is 0.0618. The van der Waals surface area contributed by atoms with Crippen molar-refractivity contribution in [3.63, 3.8) is 0 Å².